The summed E-state index contributed by atoms with van der Waals surface area (Å²) in [7, 11) is 0. The smallest absolute Gasteiger partial charge is 0.162 e. The van der Waals surface area contributed by atoms with E-state index in [1.165, 1.54) is 11.8 Å². The molecule has 0 atom stereocenters. The number of carbonyl (C=O) groups excluding carboxylic acids is 1. The lowest BCUT2D eigenvalue weighted by Gasteiger charge is -1.99. The first kappa shape index (κ1) is 16.6. The second-order valence-corrected chi connectivity index (χ2v) is 2.91. The third-order valence-electron chi connectivity index (χ3n) is 1.34. The van der Waals surface area contributed by atoms with Crippen molar-refractivity contribution in [3.05, 3.63) is 23.9 Å². The van der Waals surface area contributed by atoms with E-state index in [0.717, 1.165) is 5.03 Å². The summed E-state index contributed by atoms with van der Waals surface area (Å²) < 4.78 is 0. The number of Topliss-reactive ketones (excluding diaryl/α,β-unsaturated/α-hetero) is 1. The van der Waals surface area contributed by atoms with Crippen LogP contribution in [0.2, 0.25) is 0 Å². The van der Waals surface area contributed by atoms with Crippen LogP contribution >= 0.6 is 11.8 Å². The van der Waals surface area contributed by atoms with Crippen LogP contribution in [0.1, 0.15) is 45.0 Å². The van der Waals surface area contributed by atoms with Gasteiger partial charge in [0.2, 0.25) is 0 Å². The number of hydrogen-bond donors (Lipinski definition) is 0. The Hall–Kier alpha value is -0.830. The van der Waals surface area contributed by atoms with Gasteiger partial charge in [0.25, 0.3) is 0 Å². The zero-order valence-electron chi connectivity index (χ0n) is 10.5. The molecule has 86 valence electrons. The van der Waals surface area contributed by atoms with Crippen molar-refractivity contribution in [2.24, 2.45) is 0 Å². The molecule has 1 heterocycles. The maximum Gasteiger partial charge on any atom is 0.162 e. The average Bonchev–Trinajstić information content (AvgIpc) is 2.34. The Morgan fingerprint density at radius 3 is 2.13 bits per heavy atom. The van der Waals surface area contributed by atoms with Crippen molar-refractivity contribution in [2.45, 2.75) is 39.6 Å². The molecule has 15 heavy (non-hydrogen) atoms. The van der Waals surface area contributed by atoms with E-state index in [9.17, 15) is 4.79 Å². The molecule has 0 spiro atoms. The molecule has 1 rings (SSSR count). The van der Waals surface area contributed by atoms with Crippen molar-refractivity contribution in [3.8, 4) is 0 Å². The van der Waals surface area contributed by atoms with Crippen LogP contribution in [0.4, 0.5) is 0 Å². The van der Waals surface area contributed by atoms with Gasteiger partial charge < -0.3 is 0 Å². The summed E-state index contributed by atoms with van der Waals surface area (Å²) in [6.45, 7) is 9.55. The summed E-state index contributed by atoms with van der Waals surface area (Å²) >= 11 is 1.49. The van der Waals surface area contributed by atoms with Crippen LogP contribution in [0.3, 0.4) is 0 Å². The van der Waals surface area contributed by atoms with Crippen molar-refractivity contribution >= 4 is 17.5 Å². The SMILES string of the molecule is CC.CC.CSc1ncccc1C(C)=O. The number of hydrogen-bond acceptors (Lipinski definition) is 3. The molecular weight excluding hydrogens is 206 g/mol. The summed E-state index contributed by atoms with van der Waals surface area (Å²) in [5, 5.41) is 0.806. The monoisotopic (exact) mass is 227 g/mol. The van der Waals surface area contributed by atoms with Crippen molar-refractivity contribution in [1.29, 1.82) is 0 Å². The van der Waals surface area contributed by atoms with Crippen LogP contribution in [-0.2, 0) is 0 Å². The van der Waals surface area contributed by atoms with Crippen molar-refractivity contribution in [1.82, 2.24) is 4.98 Å². The van der Waals surface area contributed by atoms with E-state index in [1.807, 2.05) is 34.0 Å². The molecule has 3 heteroatoms. The molecule has 2 nitrogen and oxygen atoms in total. The highest BCUT2D eigenvalue weighted by Crippen LogP contribution is 2.16. The van der Waals surface area contributed by atoms with Crippen LogP contribution in [0, 0.1) is 0 Å². The quantitative estimate of drug-likeness (QED) is 0.564. The number of carbonyl (C=O) groups is 1. The number of pyridine rings is 1. The second-order valence-electron chi connectivity index (χ2n) is 2.12. The molecule has 0 bridgehead atoms. The first-order chi connectivity index (χ1) is 7.25. The fourth-order valence-electron chi connectivity index (χ4n) is 0.821. The largest absolute Gasteiger partial charge is 0.294 e. The van der Waals surface area contributed by atoms with Gasteiger partial charge >= 0.3 is 0 Å². The van der Waals surface area contributed by atoms with Crippen molar-refractivity contribution in [2.75, 3.05) is 6.26 Å². The highest BCUT2D eigenvalue weighted by Gasteiger charge is 2.04. The highest BCUT2D eigenvalue weighted by molar-refractivity contribution is 7.98. The molecule has 0 aliphatic carbocycles. The molecule has 0 aromatic carbocycles. The maximum atomic E-state index is 11.0. The van der Waals surface area contributed by atoms with Crippen LogP contribution in [0.5, 0.6) is 0 Å². The Morgan fingerprint density at radius 2 is 1.80 bits per heavy atom. The maximum absolute atomic E-state index is 11.0. The van der Waals surface area contributed by atoms with Crippen LogP contribution < -0.4 is 0 Å². The van der Waals surface area contributed by atoms with E-state index in [1.54, 1.807) is 25.3 Å². The second kappa shape index (κ2) is 11.2. The molecule has 0 saturated carbocycles. The van der Waals surface area contributed by atoms with Crippen LogP contribution in [0.25, 0.3) is 0 Å². The average molecular weight is 227 g/mol. The third-order valence-corrected chi connectivity index (χ3v) is 2.06. The van der Waals surface area contributed by atoms with Gasteiger partial charge in [0.05, 0.1) is 0 Å². The predicted octanol–water partition coefficient (Wildman–Crippen LogP) is 4.06. The number of thioether (sulfide) groups is 1. The molecular formula is C12H21NOS. The zero-order valence-corrected chi connectivity index (χ0v) is 11.3. The molecule has 0 aliphatic rings. The van der Waals surface area contributed by atoms with Gasteiger partial charge in [-0.05, 0) is 25.3 Å². The lowest BCUT2D eigenvalue weighted by molar-refractivity contribution is 0.101. The van der Waals surface area contributed by atoms with E-state index in [2.05, 4.69) is 4.98 Å². The van der Waals surface area contributed by atoms with E-state index in [4.69, 9.17) is 0 Å². The molecule has 0 fully saturated rings. The Morgan fingerprint density at radius 1 is 1.27 bits per heavy atom. The molecule has 0 aliphatic heterocycles. The topological polar surface area (TPSA) is 30.0 Å². The van der Waals surface area contributed by atoms with Crippen LogP contribution in [-0.4, -0.2) is 17.0 Å². The summed E-state index contributed by atoms with van der Waals surface area (Å²) in [4.78, 5) is 15.0. The molecule has 1 aromatic rings. The molecule has 0 unspecified atom stereocenters. The molecule has 0 radical (unpaired) electrons. The summed E-state index contributed by atoms with van der Waals surface area (Å²) in [5.74, 6) is 0.0717. The van der Waals surface area contributed by atoms with E-state index >= 15 is 0 Å². The summed E-state index contributed by atoms with van der Waals surface area (Å²) in [6, 6.07) is 3.57. The van der Waals surface area contributed by atoms with Gasteiger partial charge in [-0.2, -0.15) is 0 Å². The minimum absolute atomic E-state index is 0.0717. The predicted molar refractivity (Wildman–Crippen MR) is 68.7 cm³/mol. The van der Waals surface area contributed by atoms with Crippen molar-refractivity contribution in [3.63, 3.8) is 0 Å². The van der Waals surface area contributed by atoms with E-state index in [0.29, 0.717) is 5.56 Å². The van der Waals surface area contributed by atoms with Gasteiger partial charge in [-0.25, -0.2) is 4.98 Å². The van der Waals surface area contributed by atoms with Gasteiger partial charge in [-0.3, -0.25) is 4.79 Å². The van der Waals surface area contributed by atoms with E-state index < -0.39 is 0 Å². The Labute approximate surface area is 97.5 Å². The summed E-state index contributed by atoms with van der Waals surface area (Å²) in [5.41, 5.74) is 0.708. The van der Waals surface area contributed by atoms with Gasteiger partial charge in [0, 0.05) is 11.8 Å². The number of aromatic nitrogens is 1. The molecule has 0 N–H and O–H groups in total. The number of rotatable bonds is 2. The fraction of sp³-hybridized carbons (Fsp3) is 0.500. The minimum Gasteiger partial charge on any atom is -0.294 e. The fourth-order valence-corrected chi connectivity index (χ4v) is 1.42. The Balaban J connectivity index is 0. The van der Waals surface area contributed by atoms with Gasteiger partial charge in [0.1, 0.15) is 5.03 Å². The normalized spacial score (nSPS) is 7.87. The lowest BCUT2D eigenvalue weighted by Crippen LogP contribution is -1.95. The van der Waals surface area contributed by atoms with Gasteiger partial charge in [-0.1, -0.05) is 27.7 Å². The number of ketones is 1. The van der Waals surface area contributed by atoms with Gasteiger partial charge in [0.15, 0.2) is 5.78 Å². The number of nitrogens with zero attached hydrogens (tertiary/aromatic N) is 1. The third kappa shape index (κ3) is 6.28. The molecule has 0 saturated heterocycles. The highest BCUT2D eigenvalue weighted by atomic mass is 32.2. The standard InChI is InChI=1S/C8H9NOS.2C2H6/c1-6(10)7-4-3-5-9-8(7)11-2;2*1-2/h3-5H,1-2H3;2*1-2H3. The molecule has 0 amide bonds. The Kier molecular flexibility index (Phi) is 12.4. The Bertz CT molecular complexity index is 274. The lowest BCUT2D eigenvalue weighted by atomic mass is 10.2. The first-order valence-electron chi connectivity index (χ1n) is 5.25. The van der Waals surface area contributed by atoms with Gasteiger partial charge in [-0.15, -0.1) is 11.8 Å². The summed E-state index contributed by atoms with van der Waals surface area (Å²) in [6.07, 6.45) is 3.60. The molecule has 1 aromatic heterocycles. The van der Waals surface area contributed by atoms with E-state index in [-0.39, 0.29) is 5.78 Å². The minimum atomic E-state index is 0.0717. The zero-order chi connectivity index (χ0) is 12.3. The van der Waals surface area contributed by atoms with Crippen molar-refractivity contribution < 1.29 is 4.79 Å². The first-order valence-corrected chi connectivity index (χ1v) is 6.48. The van der Waals surface area contributed by atoms with Crippen LogP contribution in [0.15, 0.2) is 23.4 Å².